The summed E-state index contributed by atoms with van der Waals surface area (Å²) in [5.41, 5.74) is -0.714. The molecule has 194 valence electrons. The van der Waals surface area contributed by atoms with E-state index in [9.17, 15) is 32.2 Å². The molecule has 2 saturated heterocycles. The molecule has 0 aromatic heterocycles. The number of fused-ring (bicyclic) bond motifs is 2. The van der Waals surface area contributed by atoms with Gasteiger partial charge in [-0.2, -0.15) is 0 Å². The Morgan fingerprint density at radius 3 is 1.62 bits per heavy atom. The number of nitrogens with zero attached hydrogens (tertiary/aromatic N) is 2. The van der Waals surface area contributed by atoms with Crippen LogP contribution in [0.4, 0.5) is 28.9 Å². The smallest absolute Gasteiger partial charge is 0.339 e. The molecule has 0 unspecified atom stereocenters. The van der Waals surface area contributed by atoms with Crippen LogP contribution in [0.2, 0.25) is 0 Å². The zero-order valence-electron chi connectivity index (χ0n) is 19.3. The first-order valence-corrected chi connectivity index (χ1v) is 13.3. The van der Waals surface area contributed by atoms with Gasteiger partial charge in [0.1, 0.15) is 5.56 Å². The van der Waals surface area contributed by atoms with Crippen LogP contribution >= 0.6 is 10.6 Å². The van der Waals surface area contributed by atoms with Crippen molar-refractivity contribution in [1.29, 1.82) is 0 Å². The number of carbonyl (C=O) groups is 1. The molecule has 3 heterocycles. The summed E-state index contributed by atoms with van der Waals surface area (Å²) in [5.74, 6) is -11.6. The predicted octanol–water partition coefficient (Wildman–Crippen LogP) is 6.02. The number of carboxylic acid groups (broad SMARTS) is 1. The van der Waals surface area contributed by atoms with Crippen LogP contribution in [0.3, 0.4) is 0 Å². The highest BCUT2D eigenvalue weighted by Gasteiger charge is 2.43. The van der Waals surface area contributed by atoms with Gasteiger partial charge in [-0.15, -0.1) is 10.6 Å². The van der Waals surface area contributed by atoms with E-state index in [2.05, 4.69) is 0 Å². The highest BCUT2D eigenvalue weighted by atomic mass is 32.3. The summed E-state index contributed by atoms with van der Waals surface area (Å²) in [4.78, 5) is 16.0. The van der Waals surface area contributed by atoms with Gasteiger partial charge in [0.05, 0.1) is 9.79 Å². The van der Waals surface area contributed by atoms with Crippen LogP contribution in [0.1, 0.15) is 45.8 Å². The molecule has 3 N–H and O–H groups in total. The van der Waals surface area contributed by atoms with Gasteiger partial charge in [-0.1, -0.05) is 12.1 Å². The van der Waals surface area contributed by atoms with Crippen molar-refractivity contribution in [2.75, 3.05) is 36.0 Å². The molecule has 11 heteroatoms. The van der Waals surface area contributed by atoms with Crippen LogP contribution in [-0.4, -0.2) is 46.4 Å². The van der Waals surface area contributed by atoms with E-state index >= 15 is 4.39 Å². The van der Waals surface area contributed by atoms with Gasteiger partial charge in [0.2, 0.25) is 0 Å². The quantitative estimate of drug-likeness (QED) is 0.216. The fourth-order valence-electron chi connectivity index (χ4n) is 5.28. The van der Waals surface area contributed by atoms with Crippen LogP contribution in [-0.2, 0) is 0 Å². The molecule has 6 nitrogen and oxygen atoms in total. The van der Waals surface area contributed by atoms with Crippen molar-refractivity contribution >= 4 is 27.9 Å². The number of carboxylic acids is 1. The topological polar surface area (TPSA) is 84.2 Å². The van der Waals surface area contributed by atoms with Gasteiger partial charge in [0, 0.05) is 49.0 Å². The monoisotopic (exact) mass is 534 g/mol. The van der Waals surface area contributed by atoms with Crippen LogP contribution in [0.5, 0.6) is 0 Å². The summed E-state index contributed by atoms with van der Waals surface area (Å²) in [6.07, 6.45) is 1.92. The zero-order chi connectivity index (χ0) is 26.2. The van der Waals surface area contributed by atoms with Crippen molar-refractivity contribution in [1.82, 2.24) is 0 Å². The summed E-state index contributed by atoms with van der Waals surface area (Å²) in [7, 11) is -3.68. The van der Waals surface area contributed by atoms with E-state index in [1.807, 2.05) is 9.80 Å². The summed E-state index contributed by atoms with van der Waals surface area (Å²) < 4.78 is 81.8. The van der Waals surface area contributed by atoms with Gasteiger partial charge in [0.15, 0.2) is 23.3 Å². The molecule has 2 fully saturated rings. The SMILES string of the molecule is O=C(O)c1c(F)c(F)c(F)c(F)c1C1c2ccc(N3CCC3)cc2S(O)(O)c2cc(N3CCC3)ccc21. The fourth-order valence-corrected chi connectivity index (χ4v) is 7.12. The standard InChI is InChI=1S/C26H22F4N2O4S/c27-22-20(21(26(33)34)23(28)25(30)24(22)29)19-15-5-3-13(31-7-1-8-31)11-17(15)37(35,36)18-12-14(4-6-16(18)19)32-9-2-10-32/h3-6,11-12,19,35-36H,1-2,7-10H2,(H,33,34). The minimum absolute atomic E-state index is 0.0102. The molecule has 0 aliphatic carbocycles. The van der Waals surface area contributed by atoms with Crippen LogP contribution in [0.25, 0.3) is 0 Å². The number of benzene rings is 3. The van der Waals surface area contributed by atoms with E-state index in [-0.39, 0.29) is 20.9 Å². The average molecular weight is 535 g/mol. The van der Waals surface area contributed by atoms with Gasteiger partial charge in [-0.25, -0.2) is 22.4 Å². The Hall–Kier alpha value is -3.28. The third-order valence-electron chi connectivity index (χ3n) is 7.48. The number of hydrogen-bond donors (Lipinski definition) is 3. The van der Waals surface area contributed by atoms with Gasteiger partial charge in [-0.3, -0.25) is 9.11 Å². The minimum Gasteiger partial charge on any atom is -0.478 e. The second-order valence-corrected chi connectivity index (χ2v) is 11.4. The Kier molecular flexibility index (Phi) is 5.45. The molecule has 3 aliphatic heterocycles. The number of anilines is 2. The Bertz CT molecular complexity index is 1410. The molecule has 3 aliphatic rings. The van der Waals surface area contributed by atoms with Crippen molar-refractivity contribution in [3.05, 3.63) is 81.9 Å². The third kappa shape index (κ3) is 3.44. The van der Waals surface area contributed by atoms with E-state index in [4.69, 9.17) is 0 Å². The van der Waals surface area contributed by atoms with E-state index < -0.39 is 56.9 Å². The molecular weight excluding hydrogens is 512 g/mol. The Morgan fingerprint density at radius 1 is 0.757 bits per heavy atom. The molecule has 0 spiro atoms. The maximum Gasteiger partial charge on any atom is 0.339 e. The van der Waals surface area contributed by atoms with Gasteiger partial charge in [-0.05, 0) is 48.2 Å². The molecule has 3 aromatic carbocycles. The first kappa shape index (κ1) is 24.1. The Labute approximate surface area is 211 Å². The van der Waals surface area contributed by atoms with Gasteiger partial charge < -0.3 is 14.9 Å². The normalized spacial score (nSPS) is 19.0. The van der Waals surface area contributed by atoms with Gasteiger partial charge >= 0.3 is 5.97 Å². The fraction of sp³-hybridized carbons (Fsp3) is 0.269. The largest absolute Gasteiger partial charge is 0.478 e. The average Bonchev–Trinajstić information content (AvgIpc) is 2.79. The summed E-state index contributed by atoms with van der Waals surface area (Å²) in [6.45, 7) is 3.01. The Morgan fingerprint density at radius 2 is 1.22 bits per heavy atom. The number of hydrogen-bond acceptors (Lipinski definition) is 5. The lowest BCUT2D eigenvalue weighted by molar-refractivity contribution is 0.0687. The van der Waals surface area contributed by atoms with Crippen molar-refractivity contribution < 1.29 is 36.6 Å². The molecule has 0 bridgehead atoms. The summed E-state index contributed by atoms with van der Waals surface area (Å²) >= 11 is 0. The molecular formula is C26H22F4N2O4S. The van der Waals surface area contributed by atoms with Crippen LogP contribution in [0.15, 0.2) is 46.2 Å². The second-order valence-electron chi connectivity index (χ2n) is 9.46. The molecule has 6 rings (SSSR count). The zero-order valence-corrected chi connectivity index (χ0v) is 20.2. The maximum absolute atomic E-state index is 15.4. The maximum atomic E-state index is 15.4. The molecule has 0 atom stereocenters. The van der Waals surface area contributed by atoms with E-state index in [0.29, 0.717) is 11.4 Å². The second kappa shape index (κ2) is 8.37. The lowest BCUT2D eigenvalue weighted by Crippen LogP contribution is -2.37. The van der Waals surface area contributed by atoms with Crippen LogP contribution < -0.4 is 9.80 Å². The first-order valence-electron chi connectivity index (χ1n) is 11.8. The minimum atomic E-state index is -3.68. The van der Waals surface area contributed by atoms with Crippen molar-refractivity contribution in [3.63, 3.8) is 0 Å². The summed E-state index contributed by atoms with van der Waals surface area (Å²) in [6, 6.07) is 9.38. The number of aromatic carboxylic acids is 1. The predicted molar refractivity (Wildman–Crippen MR) is 130 cm³/mol. The van der Waals surface area contributed by atoms with Crippen LogP contribution in [0, 0.1) is 23.3 Å². The van der Waals surface area contributed by atoms with E-state index in [1.54, 1.807) is 24.3 Å². The highest BCUT2D eigenvalue weighted by Crippen LogP contribution is 2.66. The van der Waals surface area contributed by atoms with Crippen molar-refractivity contribution in [2.24, 2.45) is 0 Å². The molecule has 0 saturated carbocycles. The Balaban J connectivity index is 1.67. The van der Waals surface area contributed by atoms with Crippen molar-refractivity contribution in [2.45, 2.75) is 28.6 Å². The number of rotatable bonds is 4. The van der Waals surface area contributed by atoms with Crippen molar-refractivity contribution in [3.8, 4) is 0 Å². The summed E-state index contributed by atoms with van der Waals surface area (Å²) in [5, 5.41) is 9.73. The lowest BCUT2D eigenvalue weighted by Gasteiger charge is -2.45. The first-order chi connectivity index (χ1) is 17.6. The van der Waals surface area contributed by atoms with E-state index in [0.717, 1.165) is 39.0 Å². The van der Waals surface area contributed by atoms with Gasteiger partial charge in [0.25, 0.3) is 0 Å². The molecule has 0 amide bonds. The molecule has 0 radical (unpaired) electrons. The number of halogens is 4. The molecule has 3 aromatic rings. The molecule has 37 heavy (non-hydrogen) atoms. The van der Waals surface area contributed by atoms with E-state index in [1.165, 1.54) is 12.1 Å². The highest BCUT2D eigenvalue weighted by molar-refractivity contribution is 8.24. The lowest BCUT2D eigenvalue weighted by atomic mass is 9.81. The third-order valence-corrected chi connectivity index (χ3v) is 9.41.